The van der Waals surface area contributed by atoms with E-state index in [1.807, 2.05) is 34.7 Å². The minimum atomic E-state index is -0.289. The van der Waals surface area contributed by atoms with Crippen molar-refractivity contribution in [3.8, 4) is 0 Å². The highest BCUT2D eigenvalue weighted by Crippen LogP contribution is 2.32. The molecule has 0 atom stereocenters. The van der Waals surface area contributed by atoms with Crippen molar-refractivity contribution < 1.29 is 13.9 Å². The summed E-state index contributed by atoms with van der Waals surface area (Å²) in [6, 6.07) is 10.7. The molecule has 0 radical (unpaired) electrons. The van der Waals surface area contributed by atoms with Gasteiger partial charge in [-0.25, -0.2) is 9.37 Å². The highest BCUT2D eigenvalue weighted by atomic mass is 19.1. The molecule has 1 saturated heterocycles. The molecule has 0 unspecified atom stereocenters. The first-order valence-corrected chi connectivity index (χ1v) is 9.96. The average molecular weight is 394 g/mol. The third kappa shape index (κ3) is 3.15. The molecule has 0 spiro atoms. The van der Waals surface area contributed by atoms with E-state index in [1.54, 1.807) is 6.07 Å². The fourth-order valence-corrected chi connectivity index (χ4v) is 4.33. The summed E-state index contributed by atoms with van der Waals surface area (Å²) in [5.74, 6) is 0.637. The third-order valence-electron chi connectivity index (χ3n) is 5.88. The first-order valence-electron chi connectivity index (χ1n) is 9.96. The van der Waals surface area contributed by atoms with Gasteiger partial charge in [0.15, 0.2) is 0 Å². The quantitative estimate of drug-likeness (QED) is 0.683. The Bertz CT molecular complexity index is 1090. The molecule has 6 nitrogen and oxygen atoms in total. The molecule has 0 saturated carbocycles. The van der Waals surface area contributed by atoms with E-state index in [0.29, 0.717) is 38.2 Å². The maximum absolute atomic E-state index is 13.5. The van der Waals surface area contributed by atoms with Crippen LogP contribution in [0, 0.1) is 5.82 Å². The van der Waals surface area contributed by atoms with Gasteiger partial charge in [-0.05, 0) is 23.8 Å². The minimum absolute atomic E-state index is 0.0758. The summed E-state index contributed by atoms with van der Waals surface area (Å²) < 4.78 is 20.9. The molecule has 0 N–H and O–H groups in total. The molecule has 1 amide bonds. The summed E-state index contributed by atoms with van der Waals surface area (Å²) in [6.45, 7) is 4.19. The van der Waals surface area contributed by atoms with Crippen molar-refractivity contribution in [1.82, 2.24) is 14.5 Å². The number of hydrogen-bond acceptors (Lipinski definition) is 4. The van der Waals surface area contributed by atoms with E-state index in [0.717, 1.165) is 41.2 Å². The standard InChI is InChI=1S/C22H23FN4O2/c1-25-18-6-5-16(23)13-17(18)24-20(25)7-8-27-14-15-3-2-4-19(21(15)22(27)28)26-9-11-29-12-10-26/h2-6,13H,7-12,14H2,1H3. The topological polar surface area (TPSA) is 50.6 Å². The lowest BCUT2D eigenvalue weighted by Crippen LogP contribution is -2.37. The van der Waals surface area contributed by atoms with Crippen molar-refractivity contribution in [2.45, 2.75) is 13.0 Å². The van der Waals surface area contributed by atoms with Crippen molar-refractivity contribution in [3.63, 3.8) is 0 Å². The number of aromatic nitrogens is 2. The molecule has 7 heteroatoms. The smallest absolute Gasteiger partial charge is 0.256 e. The molecule has 150 valence electrons. The highest BCUT2D eigenvalue weighted by molar-refractivity contribution is 6.03. The van der Waals surface area contributed by atoms with Crippen LogP contribution in [0.3, 0.4) is 0 Å². The van der Waals surface area contributed by atoms with Gasteiger partial charge in [-0.1, -0.05) is 12.1 Å². The lowest BCUT2D eigenvalue weighted by Gasteiger charge is -2.30. The first-order chi connectivity index (χ1) is 14.1. The van der Waals surface area contributed by atoms with Crippen LogP contribution in [-0.2, 0) is 24.8 Å². The predicted molar refractivity (Wildman–Crippen MR) is 109 cm³/mol. The number of anilines is 1. The van der Waals surface area contributed by atoms with Crippen LogP contribution in [0.15, 0.2) is 36.4 Å². The number of rotatable bonds is 4. The SMILES string of the molecule is Cn1c(CCN2Cc3cccc(N4CCOCC4)c3C2=O)nc2cc(F)ccc21. The van der Waals surface area contributed by atoms with Crippen molar-refractivity contribution >= 4 is 22.6 Å². The number of nitrogens with zero attached hydrogens (tertiary/aromatic N) is 4. The molecule has 2 aromatic carbocycles. The number of carbonyl (C=O) groups is 1. The second-order valence-corrected chi connectivity index (χ2v) is 7.61. The average Bonchev–Trinajstić information content (AvgIpc) is 3.23. The molecule has 0 bridgehead atoms. The molecule has 2 aliphatic rings. The molecule has 2 aliphatic heterocycles. The lowest BCUT2D eigenvalue weighted by molar-refractivity contribution is 0.0779. The third-order valence-corrected chi connectivity index (χ3v) is 5.88. The van der Waals surface area contributed by atoms with Crippen LogP contribution < -0.4 is 4.90 Å². The van der Waals surface area contributed by atoms with E-state index in [1.165, 1.54) is 12.1 Å². The molecular formula is C22H23FN4O2. The number of halogens is 1. The number of amides is 1. The summed E-state index contributed by atoms with van der Waals surface area (Å²) in [5.41, 5.74) is 4.45. The van der Waals surface area contributed by atoms with E-state index in [4.69, 9.17) is 4.74 Å². The van der Waals surface area contributed by atoms with Crippen LogP contribution in [0.25, 0.3) is 11.0 Å². The molecule has 1 fully saturated rings. The van der Waals surface area contributed by atoms with Gasteiger partial charge in [0.1, 0.15) is 11.6 Å². The Hall–Kier alpha value is -2.93. The Balaban J connectivity index is 1.35. The summed E-state index contributed by atoms with van der Waals surface area (Å²) in [6.07, 6.45) is 0.624. The van der Waals surface area contributed by atoms with Crippen molar-refractivity contribution in [2.24, 2.45) is 7.05 Å². The Morgan fingerprint density at radius 1 is 1.17 bits per heavy atom. The zero-order valence-corrected chi connectivity index (χ0v) is 16.4. The van der Waals surface area contributed by atoms with Gasteiger partial charge in [0, 0.05) is 45.7 Å². The Morgan fingerprint density at radius 2 is 2.00 bits per heavy atom. The van der Waals surface area contributed by atoms with Gasteiger partial charge in [0.05, 0.1) is 35.5 Å². The maximum Gasteiger partial charge on any atom is 0.256 e. The first kappa shape index (κ1) is 18.1. The molecule has 5 rings (SSSR count). The normalized spacial score (nSPS) is 16.7. The Kier molecular flexibility index (Phi) is 4.47. The number of benzene rings is 2. The zero-order chi connectivity index (χ0) is 20.0. The fraction of sp³-hybridized carbons (Fsp3) is 0.364. The second-order valence-electron chi connectivity index (χ2n) is 7.61. The number of imidazole rings is 1. The maximum atomic E-state index is 13.5. The summed E-state index contributed by atoms with van der Waals surface area (Å²) in [7, 11) is 1.93. The minimum Gasteiger partial charge on any atom is -0.378 e. The molecular weight excluding hydrogens is 371 g/mol. The largest absolute Gasteiger partial charge is 0.378 e. The van der Waals surface area contributed by atoms with Crippen molar-refractivity contribution in [3.05, 3.63) is 59.2 Å². The van der Waals surface area contributed by atoms with Crippen molar-refractivity contribution in [2.75, 3.05) is 37.7 Å². The summed E-state index contributed by atoms with van der Waals surface area (Å²) >= 11 is 0. The second kappa shape index (κ2) is 7.15. The van der Waals surface area contributed by atoms with Crippen LogP contribution in [0.4, 0.5) is 10.1 Å². The van der Waals surface area contributed by atoms with E-state index < -0.39 is 0 Å². The van der Waals surface area contributed by atoms with Gasteiger partial charge in [-0.3, -0.25) is 4.79 Å². The van der Waals surface area contributed by atoms with Crippen LogP contribution in [0.2, 0.25) is 0 Å². The van der Waals surface area contributed by atoms with Crippen LogP contribution in [0.1, 0.15) is 21.7 Å². The number of carbonyl (C=O) groups excluding carboxylic acids is 1. The number of fused-ring (bicyclic) bond motifs is 2. The summed E-state index contributed by atoms with van der Waals surface area (Å²) in [4.78, 5) is 21.9. The van der Waals surface area contributed by atoms with E-state index in [-0.39, 0.29) is 11.7 Å². The van der Waals surface area contributed by atoms with Gasteiger partial charge in [0.2, 0.25) is 0 Å². The number of aryl methyl sites for hydroxylation is 1. The van der Waals surface area contributed by atoms with Gasteiger partial charge < -0.3 is 19.1 Å². The monoisotopic (exact) mass is 394 g/mol. The molecule has 0 aliphatic carbocycles. The van der Waals surface area contributed by atoms with Crippen molar-refractivity contribution in [1.29, 1.82) is 0 Å². The predicted octanol–water partition coefficient (Wildman–Crippen LogP) is 2.75. The summed E-state index contributed by atoms with van der Waals surface area (Å²) in [5, 5.41) is 0. The van der Waals surface area contributed by atoms with E-state index in [9.17, 15) is 9.18 Å². The molecule has 3 aromatic rings. The van der Waals surface area contributed by atoms with E-state index >= 15 is 0 Å². The zero-order valence-electron chi connectivity index (χ0n) is 16.4. The Labute approximate surface area is 168 Å². The fourth-order valence-electron chi connectivity index (χ4n) is 4.33. The van der Waals surface area contributed by atoms with Crippen LogP contribution >= 0.6 is 0 Å². The van der Waals surface area contributed by atoms with Gasteiger partial charge in [-0.15, -0.1) is 0 Å². The molecule has 3 heterocycles. The van der Waals surface area contributed by atoms with E-state index in [2.05, 4.69) is 9.88 Å². The van der Waals surface area contributed by atoms with Crippen LogP contribution in [-0.4, -0.2) is 53.2 Å². The van der Waals surface area contributed by atoms with Gasteiger partial charge >= 0.3 is 0 Å². The number of hydrogen-bond donors (Lipinski definition) is 0. The lowest BCUT2D eigenvalue weighted by atomic mass is 10.1. The number of ether oxygens (including phenoxy) is 1. The Morgan fingerprint density at radius 3 is 2.83 bits per heavy atom. The molecule has 1 aromatic heterocycles. The molecule has 29 heavy (non-hydrogen) atoms. The van der Waals surface area contributed by atoms with Gasteiger partial charge in [-0.2, -0.15) is 0 Å². The number of morpholine rings is 1. The highest BCUT2D eigenvalue weighted by Gasteiger charge is 2.31. The van der Waals surface area contributed by atoms with Crippen LogP contribution in [0.5, 0.6) is 0 Å². The van der Waals surface area contributed by atoms with Gasteiger partial charge in [0.25, 0.3) is 5.91 Å².